The van der Waals surface area contributed by atoms with Gasteiger partial charge in [-0.1, -0.05) is 74.9 Å². The Morgan fingerprint density at radius 1 is 0.829 bits per heavy atom. The second-order valence-electron chi connectivity index (χ2n) is 9.37. The maximum Gasteiger partial charge on any atom is 0.207 e. The smallest absolute Gasteiger partial charge is 0.207 e. The lowest BCUT2D eigenvalue weighted by Gasteiger charge is -2.25. The Balaban J connectivity index is 2.12. The molecule has 0 saturated heterocycles. The van der Waals surface area contributed by atoms with Crippen molar-refractivity contribution in [2.24, 2.45) is 0 Å². The fourth-order valence-corrected chi connectivity index (χ4v) is 7.39. The molecular weight excluding hydrogens is 499 g/mol. The molecule has 1 unspecified atom stereocenters. The molecule has 4 rings (SSSR count). The normalized spacial score (nSPS) is 15.4. The minimum absolute atomic E-state index is 0.0187. The van der Waals surface area contributed by atoms with E-state index in [1.165, 1.54) is 0 Å². The average Bonchev–Trinajstić information content (AvgIpc) is 3.08. The molecule has 0 fully saturated rings. The van der Waals surface area contributed by atoms with Crippen LogP contribution in [0.25, 0.3) is 16.2 Å². The third-order valence-corrected chi connectivity index (χ3v) is 9.11. The number of halogens is 6. The quantitative estimate of drug-likeness (QED) is 0.140. The molecule has 0 saturated carbocycles. The van der Waals surface area contributed by atoms with Crippen molar-refractivity contribution >= 4 is 25.4 Å². The van der Waals surface area contributed by atoms with Crippen LogP contribution in [0, 0.1) is 29.1 Å². The van der Waals surface area contributed by atoms with Crippen LogP contribution >= 0.6 is 11.6 Å². The van der Waals surface area contributed by atoms with Crippen molar-refractivity contribution in [3.63, 3.8) is 0 Å². The molecule has 1 aliphatic rings. The van der Waals surface area contributed by atoms with Crippen LogP contribution in [0.4, 0.5) is 22.0 Å². The van der Waals surface area contributed by atoms with Gasteiger partial charge < -0.3 is 4.74 Å². The van der Waals surface area contributed by atoms with E-state index >= 15 is 0 Å². The van der Waals surface area contributed by atoms with E-state index in [-0.39, 0.29) is 17.2 Å². The summed E-state index contributed by atoms with van der Waals surface area (Å²) in [5.74, 6) is -11.9. The lowest BCUT2D eigenvalue weighted by atomic mass is 9.89. The van der Waals surface area contributed by atoms with Crippen LogP contribution in [0.3, 0.4) is 0 Å². The molecule has 0 bridgehead atoms. The number of hydrogen-bond acceptors (Lipinski definition) is 1. The van der Waals surface area contributed by atoms with Gasteiger partial charge in [-0.15, -0.1) is 0 Å². The van der Waals surface area contributed by atoms with Gasteiger partial charge in [0.1, 0.15) is 5.75 Å². The van der Waals surface area contributed by atoms with E-state index in [2.05, 4.69) is 13.1 Å². The van der Waals surface area contributed by atoms with E-state index in [1.807, 2.05) is 32.9 Å². The van der Waals surface area contributed by atoms with Gasteiger partial charge in [0.2, 0.25) is 34.8 Å². The van der Waals surface area contributed by atoms with E-state index in [1.54, 1.807) is 24.3 Å². The summed E-state index contributed by atoms with van der Waals surface area (Å²) in [6.07, 6.45) is 0. The molecule has 1 nitrogen and oxygen atoms in total. The van der Waals surface area contributed by atoms with Gasteiger partial charge in [-0.25, -0.2) is 13.2 Å². The lowest BCUT2D eigenvalue weighted by Crippen LogP contribution is -2.16. The summed E-state index contributed by atoms with van der Waals surface area (Å²) in [4.78, 5) is 0. The maximum absolute atomic E-state index is 14.7. The number of rotatable bonds is 5. The predicted molar refractivity (Wildman–Crippen MR) is 132 cm³/mol. The van der Waals surface area contributed by atoms with Crippen molar-refractivity contribution in [3.05, 3.63) is 87.7 Å². The SMILES string of the molecule is CC1=C(Cl)c2c(cc(C(C)C)c(Oc3c(F)c(F)c(F)c(F)c3F)c2-c2ccccc2)C1[SiH](C)C. The number of ether oxygens (including phenoxy) is 1. The van der Waals surface area contributed by atoms with Gasteiger partial charge in [-0.05, 0) is 40.6 Å². The minimum Gasteiger partial charge on any atom is -0.450 e. The second-order valence-corrected chi connectivity index (χ2v) is 12.9. The van der Waals surface area contributed by atoms with Crippen molar-refractivity contribution in [2.75, 3.05) is 0 Å². The van der Waals surface area contributed by atoms with Crippen LogP contribution in [0.2, 0.25) is 13.1 Å². The molecule has 0 spiro atoms. The van der Waals surface area contributed by atoms with Crippen LogP contribution in [-0.4, -0.2) is 8.80 Å². The van der Waals surface area contributed by atoms with Gasteiger partial charge in [0.25, 0.3) is 0 Å². The zero-order valence-electron chi connectivity index (χ0n) is 19.9. The van der Waals surface area contributed by atoms with Gasteiger partial charge in [0, 0.05) is 25.0 Å². The summed E-state index contributed by atoms with van der Waals surface area (Å²) in [5, 5.41) is 0.516. The Kier molecular flexibility index (Phi) is 6.86. The summed E-state index contributed by atoms with van der Waals surface area (Å²) >= 11 is 6.86. The molecule has 1 atom stereocenters. The molecule has 0 aliphatic heterocycles. The summed E-state index contributed by atoms with van der Waals surface area (Å²) in [7, 11) is -1.29. The Labute approximate surface area is 207 Å². The Hall–Kier alpha value is -2.64. The van der Waals surface area contributed by atoms with Crippen molar-refractivity contribution in [1.29, 1.82) is 0 Å². The molecular formula is C27H24ClF5OSi. The summed E-state index contributed by atoms with van der Waals surface area (Å²) in [6.45, 7) is 10.1. The van der Waals surface area contributed by atoms with Crippen LogP contribution in [0.15, 0.2) is 42.0 Å². The number of hydrogen-bond donors (Lipinski definition) is 0. The zero-order valence-corrected chi connectivity index (χ0v) is 21.8. The molecule has 3 aromatic carbocycles. The van der Waals surface area contributed by atoms with Crippen LogP contribution in [0.5, 0.6) is 11.5 Å². The van der Waals surface area contributed by atoms with Crippen LogP contribution < -0.4 is 4.74 Å². The first-order valence-corrected chi connectivity index (χ1v) is 14.6. The second kappa shape index (κ2) is 9.43. The topological polar surface area (TPSA) is 9.23 Å². The summed E-state index contributed by atoms with van der Waals surface area (Å²) in [6, 6.07) is 10.9. The Morgan fingerprint density at radius 3 is 1.89 bits per heavy atom. The van der Waals surface area contributed by atoms with Gasteiger partial charge in [0.05, 0.1) is 0 Å². The minimum atomic E-state index is -2.24. The highest BCUT2D eigenvalue weighted by atomic mass is 35.5. The Morgan fingerprint density at radius 2 is 1.37 bits per heavy atom. The van der Waals surface area contributed by atoms with Gasteiger partial charge in [0.15, 0.2) is 0 Å². The molecule has 35 heavy (non-hydrogen) atoms. The van der Waals surface area contributed by atoms with Crippen molar-refractivity contribution in [2.45, 2.75) is 45.3 Å². The van der Waals surface area contributed by atoms with Gasteiger partial charge in [-0.3, -0.25) is 0 Å². The monoisotopic (exact) mass is 522 g/mol. The van der Waals surface area contributed by atoms with Gasteiger partial charge >= 0.3 is 0 Å². The fourth-order valence-electron chi connectivity index (χ4n) is 4.81. The molecule has 1 aliphatic carbocycles. The highest BCUT2D eigenvalue weighted by Gasteiger charge is 2.37. The zero-order chi connectivity index (χ0) is 25.8. The summed E-state index contributed by atoms with van der Waals surface area (Å²) < 4.78 is 76.7. The maximum atomic E-state index is 14.7. The predicted octanol–water partition coefficient (Wildman–Crippen LogP) is 9.06. The molecule has 3 aromatic rings. The highest BCUT2D eigenvalue weighted by Crippen LogP contribution is 2.54. The average molecular weight is 523 g/mol. The van der Waals surface area contributed by atoms with Crippen molar-refractivity contribution in [1.82, 2.24) is 0 Å². The molecule has 0 N–H and O–H groups in total. The van der Waals surface area contributed by atoms with E-state index in [4.69, 9.17) is 16.3 Å². The van der Waals surface area contributed by atoms with Crippen LogP contribution in [0.1, 0.15) is 48.9 Å². The molecule has 8 heteroatoms. The first-order valence-electron chi connectivity index (χ1n) is 11.3. The molecule has 184 valence electrons. The van der Waals surface area contributed by atoms with Gasteiger partial charge in [-0.2, -0.15) is 8.78 Å². The van der Waals surface area contributed by atoms with E-state index < -0.39 is 43.6 Å². The van der Waals surface area contributed by atoms with Crippen LogP contribution in [-0.2, 0) is 0 Å². The van der Waals surface area contributed by atoms with E-state index in [0.29, 0.717) is 27.3 Å². The van der Waals surface area contributed by atoms with E-state index in [0.717, 1.165) is 11.1 Å². The van der Waals surface area contributed by atoms with Crippen molar-refractivity contribution in [3.8, 4) is 22.6 Å². The number of allylic oxidation sites excluding steroid dienone is 1. The Bertz CT molecular complexity index is 1320. The summed E-state index contributed by atoms with van der Waals surface area (Å²) in [5.41, 5.74) is 4.53. The molecule has 0 radical (unpaired) electrons. The number of benzene rings is 3. The first kappa shape index (κ1) is 25.4. The lowest BCUT2D eigenvalue weighted by molar-refractivity contribution is 0.331. The molecule has 0 heterocycles. The standard InChI is InChI=1S/C27H24ClF5OSi/c1-12(2)15-11-16-18(19(28)13(3)27(16)35(4)5)17(14-9-7-6-8-10-14)25(15)34-26-23(32)21(30)20(29)22(31)24(26)33/h6-12,27,35H,1-5H3. The first-order chi connectivity index (χ1) is 16.5. The third kappa shape index (κ3) is 4.08. The fraction of sp³-hybridized carbons (Fsp3) is 0.259. The molecule has 0 aromatic heterocycles. The number of fused-ring (bicyclic) bond motifs is 1. The largest absolute Gasteiger partial charge is 0.450 e. The van der Waals surface area contributed by atoms with E-state index in [9.17, 15) is 22.0 Å². The van der Waals surface area contributed by atoms with Crippen molar-refractivity contribution < 1.29 is 26.7 Å². The molecule has 0 amide bonds. The third-order valence-electron chi connectivity index (χ3n) is 6.43. The highest BCUT2D eigenvalue weighted by molar-refractivity contribution is 6.61.